The molecule has 1 aromatic heterocycles. The second-order valence-electron chi connectivity index (χ2n) is 6.02. The third-order valence-corrected chi connectivity index (χ3v) is 4.43. The molecular weight excluding hydrogens is 305 g/mol. The van der Waals surface area contributed by atoms with E-state index in [0.717, 1.165) is 24.1 Å². The third kappa shape index (κ3) is 2.58. The molecule has 0 atom stereocenters. The summed E-state index contributed by atoms with van der Waals surface area (Å²) in [6, 6.07) is 17.6. The topological polar surface area (TPSA) is 46.9 Å². The Morgan fingerprint density at radius 1 is 1.04 bits per heavy atom. The zero-order chi connectivity index (χ0) is 16.6. The average molecular weight is 321 g/mol. The van der Waals surface area contributed by atoms with E-state index in [4.69, 9.17) is 0 Å². The molecule has 0 spiro atoms. The zero-order valence-corrected chi connectivity index (χ0v) is 12.9. The van der Waals surface area contributed by atoms with E-state index in [-0.39, 0.29) is 11.7 Å². The minimum absolute atomic E-state index is 0.0296. The molecular formula is C19H16FN3O. The van der Waals surface area contributed by atoms with E-state index in [0.29, 0.717) is 5.82 Å². The number of nitrogens with zero attached hydrogens (tertiary/aromatic N) is 2. The maximum atomic E-state index is 13.0. The van der Waals surface area contributed by atoms with Crippen LogP contribution in [0.5, 0.6) is 0 Å². The van der Waals surface area contributed by atoms with Gasteiger partial charge in [0.2, 0.25) is 5.91 Å². The molecule has 120 valence electrons. The fourth-order valence-corrected chi connectivity index (χ4v) is 2.89. The van der Waals surface area contributed by atoms with Crippen molar-refractivity contribution in [1.29, 1.82) is 0 Å². The lowest BCUT2D eigenvalue weighted by atomic mass is 9.95. The second kappa shape index (κ2) is 5.60. The van der Waals surface area contributed by atoms with E-state index in [9.17, 15) is 9.18 Å². The molecule has 2 aromatic carbocycles. The first-order valence-corrected chi connectivity index (χ1v) is 7.86. The van der Waals surface area contributed by atoms with Gasteiger partial charge in [-0.1, -0.05) is 30.3 Å². The van der Waals surface area contributed by atoms with Gasteiger partial charge in [-0.2, -0.15) is 5.10 Å². The van der Waals surface area contributed by atoms with E-state index in [1.165, 1.54) is 12.1 Å². The summed E-state index contributed by atoms with van der Waals surface area (Å²) in [5.74, 6) is 0.169. The Hall–Kier alpha value is -2.95. The van der Waals surface area contributed by atoms with Gasteiger partial charge < -0.3 is 5.32 Å². The van der Waals surface area contributed by atoms with Crippen LogP contribution in [0.1, 0.15) is 18.4 Å². The number of anilines is 1. The molecule has 24 heavy (non-hydrogen) atoms. The quantitative estimate of drug-likeness (QED) is 0.797. The molecule has 0 saturated heterocycles. The first-order chi connectivity index (χ1) is 11.7. The molecule has 1 N–H and O–H groups in total. The number of carbonyl (C=O) groups is 1. The van der Waals surface area contributed by atoms with E-state index in [1.807, 2.05) is 30.3 Å². The maximum Gasteiger partial charge on any atom is 0.236 e. The monoisotopic (exact) mass is 321 g/mol. The Labute approximate surface area is 138 Å². The zero-order valence-electron chi connectivity index (χ0n) is 12.9. The van der Waals surface area contributed by atoms with Gasteiger partial charge in [0, 0.05) is 12.3 Å². The molecule has 1 amide bonds. The van der Waals surface area contributed by atoms with Gasteiger partial charge in [0.1, 0.15) is 5.82 Å². The molecule has 1 saturated carbocycles. The summed E-state index contributed by atoms with van der Waals surface area (Å²) in [6.45, 7) is 0. The van der Waals surface area contributed by atoms with Crippen molar-refractivity contribution in [3.8, 4) is 5.69 Å². The van der Waals surface area contributed by atoms with E-state index < -0.39 is 5.41 Å². The number of benzene rings is 2. The Kier molecular flexibility index (Phi) is 3.41. The van der Waals surface area contributed by atoms with Crippen LogP contribution >= 0.6 is 0 Å². The SMILES string of the molecule is O=C(Nc1ccn(-c2ccc(F)cc2)n1)C1(c2ccccc2)CC1. The van der Waals surface area contributed by atoms with Crippen LogP contribution in [-0.2, 0) is 10.2 Å². The Balaban J connectivity index is 1.52. The molecule has 1 aliphatic carbocycles. The summed E-state index contributed by atoms with van der Waals surface area (Å²) >= 11 is 0. The largest absolute Gasteiger partial charge is 0.308 e. The predicted molar refractivity (Wildman–Crippen MR) is 89.5 cm³/mol. The highest BCUT2D eigenvalue weighted by Gasteiger charge is 2.51. The molecule has 1 aliphatic rings. The Bertz CT molecular complexity index is 867. The lowest BCUT2D eigenvalue weighted by Crippen LogP contribution is -2.28. The van der Waals surface area contributed by atoms with Gasteiger partial charge in [-0.15, -0.1) is 0 Å². The van der Waals surface area contributed by atoms with Gasteiger partial charge in [-0.25, -0.2) is 9.07 Å². The number of amides is 1. The molecule has 1 heterocycles. The van der Waals surface area contributed by atoms with Crippen LogP contribution in [0.25, 0.3) is 5.69 Å². The molecule has 5 heteroatoms. The number of hydrogen-bond acceptors (Lipinski definition) is 2. The van der Waals surface area contributed by atoms with Crippen molar-refractivity contribution in [1.82, 2.24) is 9.78 Å². The lowest BCUT2D eigenvalue weighted by molar-refractivity contribution is -0.118. The number of carbonyl (C=O) groups excluding carboxylic acids is 1. The first kappa shape index (κ1) is 14.6. The van der Waals surface area contributed by atoms with Crippen LogP contribution in [-0.4, -0.2) is 15.7 Å². The number of nitrogens with one attached hydrogen (secondary N) is 1. The van der Waals surface area contributed by atoms with Crippen molar-refractivity contribution in [2.75, 3.05) is 5.32 Å². The van der Waals surface area contributed by atoms with Crippen molar-refractivity contribution in [2.45, 2.75) is 18.3 Å². The molecule has 4 nitrogen and oxygen atoms in total. The minimum atomic E-state index is -0.430. The highest BCUT2D eigenvalue weighted by molar-refractivity contribution is 6.00. The average Bonchev–Trinajstić information content (AvgIpc) is 3.31. The number of rotatable bonds is 4. The smallest absolute Gasteiger partial charge is 0.236 e. The van der Waals surface area contributed by atoms with Crippen molar-refractivity contribution in [3.63, 3.8) is 0 Å². The third-order valence-electron chi connectivity index (χ3n) is 4.43. The predicted octanol–water partition coefficient (Wildman–Crippen LogP) is 3.68. The molecule has 3 aromatic rings. The van der Waals surface area contributed by atoms with Gasteiger partial charge in [0.25, 0.3) is 0 Å². The maximum absolute atomic E-state index is 13.0. The van der Waals surface area contributed by atoms with Crippen LogP contribution in [0.15, 0.2) is 66.9 Å². The number of halogens is 1. The normalized spacial score (nSPS) is 15.0. The number of hydrogen-bond donors (Lipinski definition) is 1. The van der Waals surface area contributed by atoms with Crippen LogP contribution in [0, 0.1) is 5.82 Å². The summed E-state index contributed by atoms with van der Waals surface area (Å²) in [7, 11) is 0. The van der Waals surface area contributed by atoms with Crippen molar-refractivity contribution < 1.29 is 9.18 Å². The van der Waals surface area contributed by atoms with Gasteiger partial charge in [0.05, 0.1) is 11.1 Å². The highest BCUT2D eigenvalue weighted by atomic mass is 19.1. The molecule has 1 fully saturated rings. The van der Waals surface area contributed by atoms with Gasteiger partial charge in [0.15, 0.2) is 5.82 Å². The fraction of sp³-hybridized carbons (Fsp3) is 0.158. The summed E-state index contributed by atoms with van der Waals surface area (Å²) < 4.78 is 14.6. The first-order valence-electron chi connectivity index (χ1n) is 7.86. The molecule has 4 rings (SSSR count). The van der Waals surface area contributed by atoms with Crippen LogP contribution in [0.3, 0.4) is 0 Å². The van der Waals surface area contributed by atoms with Crippen LogP contribution < -0.4 is 5.32 Å². The number of aromatic nitrogens is 2. The van der Waals surface area contributed by atoms with Crippen molar-refractivity contribution >= 4 is 11.7 Å². The van der Waals surface area contributed by atoms with E-state index in [2.05, 4.69) is 10.4 Å². The summed E-state index contributed by atoms with van der Waals surface area (Å²) in [6.07, 6.45) is 3.44. The lowest BCUT2D eigenvalue weighted by Gasteiger charge is -2.14. The van der Waals surface area contributed by atoms with Gasteiger partial charge in [-0.05, 0) is 42.7 Å². The molecule has 0 unspecified atom stereocenters. The molecule has 0 bridgehead atoms. The molecule has 0 aliphatic heterocycles. The summed E-state index contributed by atoms with van der Waals surface area (Å²) in [5, 5.41) is 7.25. The minimum Gasteiger partial charge on any atom is -0.308 e. The van der Waals surface area contributed by atoms with E-state index >= 15 is 0 Å². The van der Waals surface area contributed by atoms with E-state index in [1.54, 1.807) is 29.1 Å². The van der Waals surface area contributed by atoms with Gasteiger partial charge >= 0.3 is 0 Å². The standard InChI is InChI=1S/C19H16FN3O/c20-15-6-8-16(9-7-15)23-13-10-17(22-23)21-18(24)19(11-12-19)14-4-2-1-3-5-14/h1-10,13H,11-12H2,(H,21,22,24). The van der Waals surface area contributed by atoms with Crippen LogP contribution in [0.4, 0.5) is 10.2 Å². The van der Waals surface area contributed by atoms with Gasteiger partial charge in [-0.3, -0.25) is 4.79 Å². The second-order valence-corrected chi connectivity index (χ2v) is 6.02. The summed E-state index contributed by atoms with van der Waals surface area (Å²) in [4.78, 5) is 12.7. The van der Waals surface area contributed by atoms with Crippen LogP contribution in [0.2, 0.25) is 0 Å². The summed E-state index contributed by atoms with van der Waals surface area (Å²) in [5.41, 5.74) is 1.35. The Morgan fingerprint density at radius 3 is 2.42 bits per heavy atom. The molecule has 0 radical (unpaired) electrons. The highest BCUT2D eigenvalue weighted by Crippen LogP contribution is 2.48. The van der Waals surface area contributed by atoms with Crippen molar-refractivity contribution in [2.24, 2.45) is 0 Å². The van der Waals surface area contributed by atoms with Crippen molar-refractivity contribution in [3.05, 3.63) is 78.2 Å². The Morgan fingerprint density at radius 2 is 1.75 bits per heavy atom. The fourth-order valence-electron chi connectivity index (χ4n) is 2.89.